The molecule has 0 saturated carbocycles. The predicted octanol–water partition coefficient (Wildman–Crippen LogP) is 2.75. The second-order valence-corrected chi connectivity index (χ2v) is 5.59. The zero-order valence-corrected chi connectivity index (χ0v) is 12.9. The second-order valence-electron chi connectivity index (χ2n) is 5.59. The zero-order chi connectivity index (χ0) is 14.8. The van der Waals surface area contributed by atoms with E-state index in [1.807, 2.05) is 45.0 Å². The summed E-state index contributed by atoms with van der Waals surface area (Å²) in [6.45, 7) is 9.17. The Morgan fingerprint density at radius 3 is 2.45 bits per heavy atom. The summed E-state index contributed by atoms with van der Waals surface area (Å²) in [6.07, 6.45) is 0.856. The first kappa shape index (κ1) is 17.0. The van der Waals surface area contributed by atoms with Crippen LogP contribution in [-0.4, -0.2) is 32.0 Å². The summed E-state index contributed by atoms with van der Waals surface area (Å²) in [6, 6.07) is 7.85. The smallest absolute Gasteiger partial charge is 0.123 e. The van der Waals surface area contributed by atoms with Gasteiger partial charge in [0, 0.05) is 25.1 Å². The lowest BCUT2D eigenvalue weighted by molar-refractivity contribution is -0.0357. The monoisotopic (exact) mass is 281 g/mol. The molecule has 0 atom stereocenters. The Labute approximate surface area is 122 Å². The molecule has 1 aromatic rings. The summed E-state index contributed by atoms with van der Waals surface area (Å²) < 4.78 is 16.8. The third-order valence-electron chi connectivity index (χ3n) is 2.65. The van der Waals surface area contributed by atoms with Crippen molar-refractivity contribution in [1.29, 1.82) is 0 Å². The minimum Gasteiger partial charge on any atom is -0.493 e. The fraction of sp³-hybridized carbons (Fsp3) is 0.625. The summed E-state index contributed by atoms with van der Waals surface area (Å²) >= 11 is 0. The molecule has 114 valence electrons. The molecule has 1 aromatic carbocycles. The van der Waals surface area contributed by atoms with E-state index in [1.165, 1.54) is 0 Å². The van der Waals surface area contributed by atoms with Gasteiger partial charge >= 0.3 is 0 Å². The van der Waals surface area contributed by atoms with E-state index in [2.05, 4.69) is 0 Å². The maximum Gasteiger partial charge on any atom is 0.123 e. The highest BCUT2D eigenvalue weighted by Crippen LogP contribution is 2.17. The van der Waals surface area contributed by atoms with E-state index in [4.69, 9.17) is 19.9 Å². The number of rotatable bonds is 9. The predicted molar refractivity (Wildman–Crippen MR) is 81.0 cm³/mol. The van der Waals surface area contributed by atoms with E-state index in [0.29, 0.717) is 33.0 Å². The van der Waals surface area contributed by atoms with Crippen molar-refractivity contribution in [2.45, 2.75) is 39.3 Å². The van der Waals surface area contributed by atoms with Gasteiger partial charge in [-0.2, -0.15) is 0 Å². The molecule has 4 nitrogen and oxygen atoms in total. The van der Waals surface area contributed by atoms with Gasteiger partial charge in [-0.25, -0.2) is 0 Å². The number of benzene rings is 1. The van der Waals surface area contributed by atoms with E-state index in [1.54, 1.807) is 0 Å². The molecular formula is C16H27NO3. The van der Waals surface area contributed by atoms with Crippen molar-refractivity contribution in [3.63, 3.8) is 0 Å². The van der Waals surface area contributed by atoms with Gasteiger partial charge in [0.25, 0.3) is 0 Å². The molecule has 20 heavy (non-hydrogen) atoms. The Hall–Kier alpha value is -1.10. The van der Waals surface area contributed by atoms with E-state index in [-0.39, 0.29) is 5.60 Å². The van der Waals surface area contributed by atoms with Crippen LogP contribution in [0.25, 0.3) is 0 Å². The summed E-state index contributed by atoms with van der Waals surface area (Å²) in [7, 11) is 0. The largest absolute Gasteiger partial charge is 0.493 e. The maximum absolute atomic E-state index is 5.70. The molecule has 0 heterocycles. The van der Waals surface area contributed by atoms with Gasteiger partial charge in [0.15, 0.2) is 0 Å². The Balaban J connectivity index is 2.05. The molecule has 0 aliphatic rings. The zero-order valence-electron chi connectivity index (χ0n) is 12.9. The molecule has 0 spiro atoms. The lowest BCUT2D eigenvalue weighted by Crippen LogP contribution is -2.22. The highest BCUT2D eigenvalue weighted by Gasteiger charge is 2.08. The first-order valence-electron chi connectivity index (χ1n) is 7.15. The van der Waals surface area contributed by atoms with Crippen molar-refractivity contribution in [2.24, 2.45) is 5.73 Å². The Morgan fingerprint density at radius 1 is 1.00 bits per heavy atom. The van der Waals surface area contributed by atoms with E-state index in [0.717, 1.165) is 17.7 Å². The quantitative estimate of drug-likeness (QED) is 0.707. The van der Waals surface area contributed by atoms with Crippen molar-refractivity contribution < 1.29 is 14.2 Å². The molecule has 2 N–H and O–H groups in total. The number of hydrogen-bond donors (Lipinski definition) is 1. The molecule has 1 rings (SSSR count). The van der Waals surface area contributed by atoms with Crippen molar-refractivity contribution in [3.8, 4) is 5.75 Å². The van der Waals surface area contributed by atoms with Crippen LogP contribution >= 0.6 is 0 Å². The van der Waals surface area contributed by atoms with Gasteiger partial charge in [-0.05, 0) is 26.8 Å². The minimum atomic E-state index is -0.0988. The summed E-state index contributed by atoms with van der Waals surface area (Å²) in [5.74, 6) is 0.867. The molecule has 0 fully saturated rings. The minimum absolute atomic E-state index is 0.0988. The first-order valence-corrected chi connectivity index (χ1v) is 7.15. The molecule has 0 unspecified atom stereocenters. The van der Waals surface area contributed by atoms with Crippen LogP contribution in [0.15, 0.2) is 24.3 Å². The van der Waals surface area contributed by atoms with Crippen LogP contribution in [0.5, 0.6) is 5.75 Å². The fourth-order valence-corrected chi connectivity index (χ4v) is 1.67. The normalized spacial score (nSPS) is 11.6. The van der Waals surface area contributed by atoms with Gasteiger partial charge in [-0.3, -0.25) is 0 Å². The second kappa shape index (κ2) is 8.95. The van der Waals surface area contributed by atoms with E-state index >= 15 is 0 Å². The first-order chi connectivity index (χ1) is 9.53. The Morgan fingerprint density at radius 2 is 1.75 bits per heavy atom. The average Bonchev–Trinajstić information content (AvgIpc) is 2.41. The highest BCUT2D eigenvalue weighted by atomic mass is 16.5. The van der Waals surface area contributed by atoms with Crippen molar-refractivity contribution in [3.05, 3.63) is 29.8 Å². The van der Waals surface area contributed by atoms with E-state index in [9.17, 15) is 0 Å². The molecular weight excluding hydrogens is 254 g/mol. The summed E-state index contributed by atoms with van der Waals surface area (Å²) in [5, 5.41) is 0. The molecule has 0 bridgehead atoms. The van der Waals surface area contributed by atoms with Gasteiger partial charge < -0.3 is 19.9 Å². The number of nitrogens with two attached hydrogens (primary N) is 1. The lowest BCUT2D eigenvalue weighted by Gasteiger charge is -2.19. The summed E-state index contributed by atoms with van der Waals surface area (Å²) in [5.41, 5.74) is 6.59. The average molecular weight is 281 g/mol. The molecule has 0 saturated heterocycles. The van der Waals surface area contributed by atoms with Gasteiger partial charge in [0.05, 0.1) is 25.4 Å². The summed E-state index contributed by atoms with van der Waals surface area (Å²) in [4.78, 5) is 0. The van der Waals surface area contributed by atoms with Crippen molar-refractivity contribution in [2.75, 3.05) is 26.4 Å². The molecule has 0 aromatic heterocycles. The molecule has 0 radical (unpaired) electrons. The van der Waals surface area contributed by atoms with Gasteiger partial charge in [-0.1, -0.05) is 18.2 Å². The number of ether oxygens (including phenoxy) is 3. The lowest BCUT2D eigenvalue weighted by atomic mass is 10.2. The van der Waals surface area contributed by atoms with Crippen molar-refractivity contribution in [1.82, 2.24) is 0 Å². The third-order valence-corrected chi connectivity index (χ3v) is 2.65. The van der Waals surface area contributed by atoms with Crippen LogP contribution in [-0.2, 0) is 16.0 Å². The number of para-hydroxylation sites is 1. The third kappa shape index (κ3) is 7.48. The SMILES string of the molecule is CC(C)(C)OCCOCCCOc1ccccc1CN. The van der Waals surface area contributed by atoms with Crippen LogP contribution in [0.1, 0.15) is 32.8 Å². The Kier molecular flexibility index (Phi) is 7.59. The fourth-order valence-electron chi connectivity index (χ4n) is 1.67. The molecule has 4 heteroatoms. The molecule has 0 aliphatic heterocycles. The topological polar surface area (TPSA) is 53.7 Å². The number of hydrogen-bond acceptors (Lipinski definition) is 4. The highest BCUT2D eigenvalue weighted by molar-refractivity contribution is 5.32. The Bertz CT molecular complexity index is 374. The molecule has 0 aliphatic carbocycles. The van der Waals surface area contributed by atoms with Gasteiger partial charge in [0.2, 0.25) is 0 Å². The van der Waals surface area contributed by atoms with Gasteiger partial charge in [0.1, 0.15) is 5.75 Å². The van der Waals surface area contributed by atoms with E-state index < -0.39 is 0 Å². The van der Waals surface area contributed by atoms with Crippen LogP contribution in [0, 0.1) is 0 Å². The van der Waals surface area contributed by atoms with Gasteiger partial charge in [-0.15, -0.1) is 0 Å². The van der Waals surface area contributed by atoms with Crippen LogP contribution in [0.2, 0.25) is 0 Å². The standard InChI is InChI=1S/C16H27NO3/c1-16(2,3)20-12-11-18-9-6-10-19-15-8-5-4-7-14(15)13-17/h4-5,7-8H,6,9-13,17H2,1-3H3. The van der Waals surface area contributed by atoms with Crippen molar-refractivity contribution >= 4 is 0 Å². The maximum atomic E-state index is 5.70. The van der Waals surface area contributed by atoms with Crippen LogP contribution in [0.4, 0.5) is 0 Å². The van der Waals surface area contributed by atoms with Crippen LogP contribution < -0.4 is 10.5 Å². The van der Waals surface area contributed by atoms with Crippen LogP contribution in [0.3, 0.4) is 0 Å². The molecule has 0 amide bonds.